The molecule has 6 nitrogen and oxygen atoms in total. The number of rotatable bonds is 8. The fourth-order valence-electron chi connectivity index (χ4n) is 3.43. The van der Waals surface area contributed by atoms with Gasteiger partial charge in [-0.3, -0.25) is 14.5 Å². The summed E-state index contributed by atoms with van der Waals surface area (Å²) in [6.45, 7) is 2.51. The Bertz CT molecular complexity index is 881. The molecule has 0 atom stereocenters. The van der Waals surface area contributed by atoms with Crippen molar-refractivity contribution >= 4 is 35.1 Å². The standard InChI is InChI=1S/C22H24Cl2N2O4/c23-19-6-3-16(11-20(19)24)13-26-9-7-17(8-10-26)25-21(27)14-30-18-4-1-15(2-5-18)12-22(28)29/h1-6,11,17H,7-10,12-14H2,(H,25,27)(H,28,29). The molecule has 0 aliphatic carbocycles. The van der Waals surface area contributed by atoms with Gasteiger partial charge in [-0.2, -0.15) is 0 Å². The molecular formula is C22H24Cl2N2O4. The zero-order valence-corrected chi connectivity index (χ0v) is 18.0. The van der Waals surface area contributed by atoms with Crippen LogP contribution < -0.4 is 10.1 Å². The number of ether oxygens (including phenoxy) is 1. The average molecular weight is 451 g/mol. The van der Waals surface area contributed by atoms with Crippen molar-refractivity contribution in [2.45, 2.75) is 31.8 Å². The highest BCUT2D eigenvalue weighted by atomic mass is 35.5. The molecule has 0 saturated carbocycles. The minimum atomic E-state index is -0.883. The van der Waals surface area contributed by atoms with Gasteiger partial charge < -0.3 is 15.2 Å². The molecule has 30 heavy (non-hydrogen) atoms. The fourth-order valence-corrected chi connectivity index (χ4v) is 3.75. The maximum absolute atomic E-state index is 12.2. The number of carboxylic acids is 1. The first-order valence-corrected chi connectivity index (χ1v) is 10.5. The number of carbonyl (C=O) groups excluding carboxylic acids is 1. The van der Waals surface area contributed by atoms with E-state index in [1.54, 1.807) is 24.3 Å². The van der Waals surface area contributed by atoms with Crippen LogP contribution in [0.4, 0.5) is 0 Å². The molecule has 0 radical (unpaired) electrons. The van der Waals surface area contributed by atoms with Crippen LogP contribution in [0.2, 0.25) is 10.0 Å². The van der Waals surface area contributed by atoms with Crippen LogP contribution in [-0.2, 0) is 22.6 Å². The summed E-state index contributed by atoms with van der Waals surface area (Å²) in [5.74, 6) is -0.505. The molecule has 0 bridgehead atoms. The molecule has 2 aromatic rings. The minimum Gasteiger partial charge on any atom is -0.484 e. The van der Waals surface area contributed by atoms with Gasteiger partial charge in [0.2, 0.25) is 0 Å². The van der Waals surface area contributed by atoms with Gasteiger partial charge in [0.05, 0.1) is 16.5 Å². The second-order valence-corrected chi connectivity index (χ2v) is 8.18. The van der Waals surface area contributed by atoms with Crippen LogP contribution in [0.1, 0.15) is 24.0 Å². The number of amides is 1. The van der Waals surface area contributed by atoms with E-state index in [9.17, 15) is 9.59 Å². The summed E-state index contributed by atoms with van der Waals surface area (Å²) in [7, 11) is 0. The lowest BCUT2D eigenvalue weighted by atomic mass is 10.0. The van der Waals surface area contributed by atoms with Crippen molar-refractivity contribution in [3.05, 3.63) is 63.6 Å². The summed E-state index contributed by atoms with van der Waals surface area (Å²) in [6.07, 6.45) is 1.71. The Hall–Kier alpha value is -2.28. The van der Waals surface area contributed by atoms with Crippen LogP contribution in [0, 0.1) is 0 Å². The van der Waals surface area contributed by atoms with E-state index in [1.807, 2.05) is 18.2 Å². The lowest BCUT2D eigenvalue weighted by molar-refractivity contribution is -0.136. The van der Waals surface area contributed by atoms with Gasteiger partial charge >= 0.3 is 5.97 Å². The number of benzene rings is 2. The van der Waals surface area contributed by atoms with Crippen molar-refractivity contribution in [1.82, 2.24) is 10.2 Å². The number of nitrogens with one attached hydrogen (secondary N) is 1. The number of likely N-dealkylation sites (tertiary alicyclic amines) is 1. The monoisotopic (exact) mass is 450 g/mol. The Morgan fingerprint density at radius 2 is 1.70 bits per heavy atom. The molecule has 160 valence electrons. The summed E-state index contributed by atoms with van der Waals surface area (Å²) in [6, 6.07) is 12.5. The third-order valence-electron chi connectivity index (χ3n) is 4.99. The quantitative estimate of drug-likeness (QED) is 0.639. The number of aliphatic carboxylic acids is 1. The van der Waals surface area contributed by atoms with Gasteiger partial charge in [-0.15, -0.1) is 0 Å². The van der Waals surface area contributed by atoms with Gasteiger partial charge in [0, 0.05) is 25.7 Å². The van der Waals surface area contributed by atoms with Crippen LogP contribution >= 0.6 is 23.2 Å². The third-order valence-corrected chi connectivity index (χ3v) is 5.73. The molecule has 3 rings (SSSR count). The SMILES string of the molecule is O=C(O)Cc1ccc(OCC(=O)NC2CCN(Cc3ccc(Cl)c(Cl)c3)CC2)cc1. The van der Waals surface area contributed by atoms with Crippen molar-refractivity contribution < 1.29 is 19.4 Å². The summed E-state index contributed by atoms with van der Waals surface area (Å²) in [4.78, 5) is 25.2. The first kappa shape index (κ1) is 22.4. The topological polar surface area (TPSA) is 78.9 Å². The van der Waals surface area contributed by atoms with Crippen molar-refractivity contribution in [2.75, 3.05) is 19.7 Å². The summed E-state index contributed by atoms with van der Waals surface area (Å²) >= 11 is 12.0. The summed E-state index contributed by atoms with van der Waals surface area (Å²) < 4.78 is 5.50. The number of nitrogens with zero attached hydrogens (tertiary/aromatic N) is 1. The zero-order valence-electron chi connectivity index (χ0n) is 16.4. The molecule has 0 aromatic heterocycles. The van der Waals surface area contributed by atoms with E-state index in [4.69, 9.17) is 33.0 Å². The maximum atomic E-state index is 12.2. The molecule has 0 unspecified atom stereocenters. The second-order valence-electron chi connectivity index (χ2n) is 7.37. The molecule has 2 aromatic carbocycles. The molecule has 1 amide bonds. The molecule has 1 aliphatic heterocycles. The third kappa shape index (κ3) is 6.90. The molecule has 1 heterocycles. The lowest BCUT2D eigenvalue weighted by Crippen LogP contribution is -2.45. The highest BCUT2D eigenvalue weighted by Crippen LogP contribution is 2.24. The molecule has 1 saturated heterocycles. The number of piperidine rings is 1. The van der Waals surface area contributed by atoms with E-state index < -0.39 is 5.97 Å². The predicted molar refractivity (Wildman–Crippen MR) is 116 cm³/mol. The largest absolute Gasteiger partial charge is 0.484 e. The van der Waals surface area contributed by atoms with E-state index in [-0.39, 0.29) is 25.0 Å². The van der Waals surface area contributed by atoms with Crippen LogP contribution in [0.15, 0.2) is 42.5 Å². The number of hydrogen-bond acceptors (Lipinski definition) is 4. The first-order chi connectivity index (χ1) is 14.4. The van der Waals surface area contributed by atoms with Crippen LogP contribution in [0.3, 0.4) is 0 Å². The Labute approximate surface area is 185 Å². The number of halogens is 2. The molecule has 1 aliphatic rings. The second kappa shape index (κ2) is 10.7. The first-order valence-electron chi connectivity index (χ1n) is 9.78. The van der Waals surface area contributed by atoms with Gasteiger partial charge in [-0.1, -0.05) is 41.4 Å². The van der Waals surface area contributed by atoms with Crippen LogP contribution in [0.25, 0.3) is 0 Å². The minimum absolute atomic E-state index is 0.0372. The number of carbonyl (C=O) groups is 2. The number of hydrogen-bond donors (Lipinski definition) is 2. The molecule has 2 N–H and O–H groups in total. The molecule has 0 spiro atoms. The molecule has 8 heteroatoms. The van der Waals surface area contributed by atoms with Crippen molar-refractivity contribution in [3.63, 3.8) is 0 Å². The average Bonchev–Trinajstić information content (AvgIpc) is 2.71. The van der Waals surface area contributed by atoms with E-state index in [0.717, 1.165) is 38.0 Å². The van der Waals surface area contributed by atoms with Gasteiger partial charge in [0.25, 0.3) is 5.91 Å². The summed E-state index contributed by atoms with van der Waals surface area (Å²) in [5, 5.41) is 12.9. The van der Waals surface area contributed by atoms with Crippen LogP contribution in [0.5, 0.6) is 5.75 Å². The predicted octanol–water partition coefficient (Wildman–Crippen LogP) is 3.78. The van der Waals surface area contributed by atoms with Crippen molar-refractivity contribution in [3.8, 4) is 5.75 Å². The van der Waals surface area contributed by atoms with E-state index in [2.05, 4.69) is 10.2 Å². The molecule has 1 fully saturated rings. The van der Waals surface area contributed by atoms with Crippen molar-refractivity contribution in [1.29, 1.82) is 0 Å². The highest BCUT2D eigenvalue weighted by molar-refractivity contribution is 6.42. The van der Waals surface area contributed by atoms with Gasteiger partial charge in [-0.25, -0.2) is 0 Å². The van der Waals surface area contributed by atoms with Crippen molar-refractivity contribution in [2.24, 2.45) is 0 Å². The molecular weight excluding hydrogens is 427 g/mol. The summed E-state index contributed by atoms with van der Waals surface area (Å²) in [5.41, 5.74) is 1.81. The Morgan fingerprint density at radius 1 is 1.03 bits per heavy atom. The maximum Gasteiger partial charge on any atom is 0.307 e. The Morgan fingerprint density at radius 3 is 2.33 bits per heavy atom. The van der Waals surface area contributed by atoms with Gasteiger partial charge in [0.15, 0.2) is 6.61 Å². The van der Waals surface area contributed by atoms with Crippen LogP contribution in [-0.4, -0.2) is 47.6 Å². The van der Waals surface area contributed by atoms with Gasteiger partial charge in [-0.05, 0) is 48.2 Å². The Balaban J connectivity index is 1.37. The fraction of sp³-hybridized carbons (Fsp3) is 0.364. The smallest absolute Gasteiger partial charge is 0.307 e. The highest BCUT2D eigenvalue weighted by Gasteiger charge is 2.21. The van der Waals surface area contributed by atoms with E-state index >= 15 is 0 Å². The van der Waals surface area contributed by atoms with Gasteiger partial charge in [0.1, 0.15) is 5.75 Å². The zero-order chi connectivity index (χ0) is 21.5. The normalized spacial score (nSPS) is 15.0. The van der Waals surface area contributed by atoms with E-state index in [1.165, 1.54) is 0 Å². The van der Waals surface area contributed by atoms with E-state index in [0.29, 0.717) is 21.4 Å². The lowest BCUT2D eigenvalue weighted by Gasteiger charge is -2.32. The Kier molecular flexibility index (Phi) is 7.96. The number of carboxylic acid groups (broad SMARTS) is 1.